The van der Waals surface area contributed by atoms with Crippen molar-refractivity contribution in [2.75, 3.05) is 4.72 Å². The monoisotopic (exact) mass is 415 g/mol. The van der Waals surface area contributed by atoms with Crippen molar-refractivity contribution in [3.8, 4) is 11.3 Å². The Bertz CT molecular complexity index is 1300. The molecule has 0 aliphatic carbocycles. The van der Waals surface area contributed by atoms with Gasteiger partial charge in [-0.1, -0.05) is 35.9 Å². The molecule has 2 heterocycles. The summed E-state index contributed by atoms with van der Waals surface area (Å²) in [5, 5.41) is -0.257. The first-order chi connectivity index (χ1) is 13.3. The van der Waals surface area contributed by atoms with E-state index in [1.54, 1.807) is 24.3 Å². The zero-order chi connectivity index (χ0) is 19.9. The van der Waals surface area contributed by atoms with Crippen molar-refractivity contribution in [3.63, 3.8) is 0 Å². The number of sulfonamides is 1. The smallest absolute Gasteiger partial charge is 0.261 e. The summed E-state index contributed by atoms with van der Waals surface area (Å²) in [4.78, 5) is 4.50. The van der Waals surface area contributed by atoms with Gasteiger partial charge >= 0.3 is 0 Å². The van der Waals surface area contributed by atoms with E-state index in [4.69, 9.17) is 11.6 Å². The standard InChI is InChI=1S/C20H15ClFN3O2S/c1-13-5-4-10-25-12-19(23-20(13)25)15-6-2-3-7-18(15)24-28(26,27)14-8-9-17(22)16(21)11-14/h2-12,24H,1H3. The van der Waals surface area contributed by atoms with Crippen LogP contribution in [0.5, 0.6) is 0 Å². The van der Waals surface area contributed by atoms with E-state index in [0.717, 1.165) is 23.3 Å². The number of nitrogens with one attached hydrogen (secondary N) is 1. The van der Waals surface area contributed by atoms with Gasteiger partial charge < -0.3 is 4.40 Å². The van der Waals surface area contributed by atoms with Crippen LogP contribution in [0.3, 0.4) is 0 Å². The molecule has 0 amide bonds. The third-order valence-corrected chi connectivity index (χ3v) is 5.98. The number of para-hydroxylation sites is 1. The number of hydrogen-bond donors (Lipinski definition) is 1. The van der Waals surface area contributed by atoms with Crippen LogP contribution in [-0.2, 0) is 10.0 Å². The molecule has 0 saturated carbocycles. The largest absolute Gasteiger partial charge is 0.306 e. The molecule has 0 aliphatic heterocycles. The molecule has 0 unspecified atom stereocenters. The average Bonchev–Trinajstić information content (AvgIpc) is 3.09. The van der Waals surface area contributed by atoms with Gasteiger partial charge in [-0.25, -0.2) is 17.8 Å². The van der Waals surface area contributed by atoms with Crippen LogP contribution in [0.15, 0.2) is 71.9 Å². The maximum absolute atomic E-state index is 13.4. The molecule has 0 fully saturated rings. The first-order valence-electron chi connectivity index (χ1n) is 8.37. The normalized spacial score (nSPS) is 11.7. The summed E-state index contributed by atoms with van der Waals surface area (Å²) in [6.45, 7) is 1.96. The van der Waals surface area contributed by atoms with E-state index in [0.29, 0.717) is 16.9 Å². The number of aryl methyl sites for hydroxylation is 1. The number of halogens is 2. The Hall–Kier alpha value is -2.90. The highest BCUT2D eigenvalue weighted by Crippen LogP contribution is 2.30. The summed E-state index contributed by atoms with van der Waals surface area (Å²) < 4.78 is 43.3. The molecule has 0 saturated heterocycles. The SMILES string of the molecule is Cc1cccn2cc(-c3ccccc3NS(=O)(=O)c3ccc(F)c(Cl)c3)nc12. The van der Waals surface area contributed by atoms with E-state index in [2.05, 4.69) is 9.71 Å². The number of pyridine rings is 1. The molecule has 1 N–H and O–H groups in total. The van der Waals surface area contributed by atoms with Gasteiger partial charge in [-0.05, 0) is 42.8 Å². The maximum atomic E-state index is 13.4. The van der Waals surface area contributed by atoms with Gasteiger partial charge in [-0.15, -0.1) is 0 Å². The second kappa shape index (κ2) is 6.92. The van der Waals surface area contributed by atoms with Crippen LogP contribution >= 0.6 is 11.6 Å². The number of imidazole rings is 1. The molecule has 2 aromatic carbocycles. The molecule has 142 valence electrons. The van der Waals surface area contributed by atoms with Crippen molar-refractivity contribution in [1.82, 2.24) is 9.38 Å². The lowest BCUT2D eigenvalue weighted by Crippen LogP contribution is -2.13. The van der Waals surface area contributed by atoms with Gasteiger partial charge in [0.15, 0.2) is 0 Å². The van der Waals surface area contributed by atoms with Crippen molar-refractivity contribution in [3.05, 3.63) is 83.4 Å². The summed E-state index contributed by atoms with van der Waals surface area (Å²) in [5.41, 5.74) is 3.42. The zero-order valence-corrected chi connectivity index (χ0v) is 16.3. The molecule has 2 aromatic heterocycles. The molecule has 0 aliphatic rings. The second-order valence-electron chi connectivity index (χ2n) is 6.28. The zero-order valence-electron chi connectivity index (χ0n) is 14.7. The van der Waals surface area contributed by atoms with E-state index in [1.807, 2.05) is 35.9 Å². The summed E-state index contributed by atoms with van der Waals surface area (Å²) in [6.07, 6.45) is 3.72. The molecule has 0 atom stereocenters. The molecular weight excluding hydrogens is 401 g/mol. The number of anilines is 1. The predicted octanol–water partition coefficient (Wildman–Crippen LogP) is 4.90. The summed E-state index contributed by atoms with van der Waals surface area (Å²) in [5.74, 6) is -0.680. The lowest BCUT2D eigenvalue weighted by molar-refractivity contribution is 0.599. The molecule has 4 aromatic rings. The Balaban J connectivity index is 1.77. The number of benzene rings is 2. The first-order valence-corrected chi connectivity index (χ1v) is 10.2. The highest BCUT2D eigenvalue weighted by atomic mass is 35.5. The fourth-order valence-corrected chi connectivity index (χ4v) is 4.28. The number of nitrogens with zero attached hydrogens (tertiary/aromatic N) is 2. The Morgan fingerprint density at radius 3 is 2.64 bits per heavy atom. The fraction of sp³-hybridized carbons (Fsp3) is 0.0500. The minimum Gasteiger partial charge on any atom is -0.306 e. The second-order valence-corrected chi connectivity index (χ2v) is 8.36. The van der Waals surface area contributed by atoms with E-state index in [-0.39, 0.29) is 9.92 Å². The van der Waals surface area contributed by atoms with Crippen molar-refractivity contribution in [2.45, 2.75) is 11.8 Å². The Morgan fingerprint density at radius 2 is 1.89 bits per heavy atom. The summed E-state index contributed by atoms with van der Waals surface area (Å²) >= 11 is 5.73. The van der Waals surface area contributed by atoms with Crippen LogP contribution in [0.2, 0.25) is 5.02 Å². The van der Waals surface area contributed by atoms with Gasteiger partial charge in [0.25, 0.3) is 10.0 Å². The Kier molecular flexibility index (Phi) is 4.56. The Labute approximate surface area is 166 Å². The van der Waals surface area contributed by atoms with Crippen LogP contribution in [-0.4, -0.2) is 17.8 Å². The topological polar surface area (TPSA) is 63.5 Å². The van der Waals surface area contributed by atoms with Crippen molar-refractivity contribution in [1.29, 1.82) is 0 Å². The molecule has 28 heavy (non-hydrogen) atoms. The number of aromatic nitrogens is 2. The van der Waals surface area contributed by atoms with E-state index < -0.39 is 15.8 Å². The van der Waals surface area contributed by atoms with Crippen LogP contribution in [0, 0.1) is 12.7 Å². The minimum atomic E-state index is -3.96. The van der Waals surface area contributed by atoms with Gasteiger partial charge in [-0.2, -0.15) is 0 Å². The molecule has 0 radical (unpaired) electrons. The third kappa shape index (κ3) is 3.34. The molecular formula is C20H15ClFN3O2S. The van der Waals surface area contributed by atoms with Crippen LogP contribution in [0.1, 0.15) is 5.56 Å². The minimum absolute atomic E-state index is 0.125. The summed E-state index contributed by atoms with van der Waals surface area (Å²) in [7, 11) is -3.96. The van der Waals surface area contributed by atoms with Crippen molar-refractivity contribution >= 4 is 33.0 Å². The average molecular weight is 416 g/mol. The predicted molar refractivity (Wildman–Crippen MR) is 108 cm³/mol. The van der Waals surface area contributed by atoms with E-state index in [1.165, 1.54) is 6.07 Å². The lowest BCUT2D eigenvalue weighted by atomic mass is 10.1. The van der Waals surface area contributed by atoms with Gasteiger partial charge in [0.2, 0.25) is 0 Å². The van der Waals surface area contributed by atoms with Crippen molar-refractivity contribution in [2.24, 2.45) is 0 Å². The highest BCUT2D eigenvalue weighted by Gasteiger charge is 2.19. The van der Waals surface area contributed by atoms with Crippen molar-refractivity contribution < 1.29 is 12.8 Å². The number of hydrogen-bond acceptors (Lipinski definition) is 3. The molecule has 4 rings (SSSR count). The quantitative estimate of drug-likeness (QED) is 0.515. The van der Waals surface area contributed by atoms with Crippen LogP contribution in [0.4, 0.5) is 10.1 Å². The molecule has 5 nitrogen and oxygen atoms in total. The number of rotatable bonds is 4. The first kappa shape index (κ1) is 18.5. The van der Waals surface area contributed by atoms with Gasteiger partial charge in [0.05, 0.1) is 21.3 Å². The molecule has 0 bridgehead atoms. The number of fused-ring (bicyclic) bond motifs is 1. The lowest BCUT2D eigenvalue weighted by Gasteiger charge is -2.12. The van der Waals surface area contributed by atoms with Gasteiger partial charge in [0, 0.05) is 18.0 Å². The summed E-state index contributed by atoms with van der Waals surface area (Å²) in [6, 6.07) is 14.1. The fourth-order valence-electron chi connectivity index (χ4n) is 2.93. The Morgan fingerprint density at radius 1 is 1.11 bits per heavy atom. The van der Waals surface area contributed by atoms with Gasteiger partial charge in [-0.3, -0.25) is 4.72 Å². The van der Waals surface area contributed by atoms with Crippen LogP contribution < -0.4 is 4.72 Å². The van der Waals surface area contributed by atoms with E-state index >= 15 is 0 Å². The highest BCUT2D eigenvalue weighted by molar-refractivity contribution is 7.92. The third-order valence-electron chi connectivity index (χ3n) is 4.33. The molecule has 0 spiro atoms. The maximum Gasteiger partial charge on any atom is 0.261 e. The van der Waals surface area contributed by atoms with Crippen LogP contribution in [0.25, 0.3) is 16.9 Å². The molecule has 8 heteroatoms. The van der Waals surface area contributed by atoms with Gasteiger partial charge in [0.1, 0.15) is 11.5 Å². The van der Waals surface area contributed by atoms with E-state index in [9.17, 15) is 12.8 Å².